The van der Waals surface area contributed by atoms with Crippen molar-refractivity contribution in [3.8, 4) is 0 Å². The number of rotatable bonds is 5. The van der Waals surface area contributed by atoms with Gasteiger partial charge in [-0.1, -0.05) is 30.5 Å². The van der Waals surface area contributed by atoms with Crippen LogP contribution >= 0.6 is 22.9 Å². The van der Waals surface area contributed by atoms with Gasteiger partial charge < -0.3 is 16.4 Å². The molecule has 1 aromatic heterocycles. The number of hydrogen-bond acceptors (Lipinski definition) is 4. The van der Waals surface area contributed by atoms with Crippen LogP contribution in [0.15, 0.2) is 35.7 Å². The summed E-state index contributed by atoms with van der Waals surface area (Å²) in [5.41, 5.74) is 6.19. The van der Waals surface area contributed by atoms with Gasteiger partial charge in [-0.2, -0.15) is 0 Å². The number of nitrogens with one attached hydrogen (secondary N) is 2. The highest BCUT2D eigenvalue weighted by Gasteiger charge is 2.37. The summed E-state index contributed by atoms with van der Waals surface area (Å²) in [6.07, 6.45) is 3.28. The molecule has 1 aromatic carbocycles. The van der Waals surface area contributed by atoms with Crippen molar-refractivity contribution in [1.82, 2.24) is 5.32 Å². The first-order chi connectivity index (χ1) is 12.0. The Morgan fingerprint density at radius 2 is 2.00 bits per heavy atom. The summed E-state index contributed by atoms with van der Waals surface area (Å²) in [7, 11) is 0. The number of amides is 2. The molecule has 0 saturated heterocycles. The Bertz CT molecular complexity index is 771. The quantitative estimate of drug-likeness (QED) is 0.745. The summed E-state index contributed by atoms with van der Waals surface area (Å²) in [5, 5.41) is 7.94. The molecule has 0 radical (unpaired) electrons. The van der Waals surface area contributed by atoms with Crippen molar-refractivity contribution in [2.45, 2.75) is 37.8 Å². The highest BCUT2D eigenvalue weighted by molar-refractivity contribution is 7.09. The van der Waals surface area contributed by atoms with E-state index in [1.54, 1.807) is 29.5 Å². The summed E-state index contributed by atoms with van der Waals surface area (Å²) in [6.45, 7) is 0.440. The average Bonchev–Trinajstić information content (AvgIpc) is 3.26. The molecule has 2 aromatic rings. The Labute approximate surface area is 155 Å². The second-order valence-corrected chi connectivity index (χ2v) is 7.71. The zero-order chi connectivity index (χ0) is 17.9. The number of carbonyl (C=O) groups excluding carboxylic acids is 2. The van der Waals surface area contributed by atoms with E-state index < -0.39 is 5.54 Å². The Hall–Kier alpha value is -1.89. The number of halogens is 1. The summed E-state index contributed by atoms with van der Waals surface area (Å²) >= 11 is 7.72. The molecule has 25 heavy (non-hydrogen) atoms. The minimum atomic E-state index is -0.818. The van der Waals surface area contributed by atoms with Gasteiger partial charge in [0.05, 0.1) is 22.7 Å². The molecule has 0 spiro atoms. The lowest BCUT2D eigenvalue weighted by atomic mass is 9.98. The van der Waals surface area contributed by atoms with Crippen LogP contribution in [0.5, 0.6) is 0 Å². The average molecular weight is 378 g/mol. The molecule has 132 valence electrons. The molecule has 0 bridgehead atoms. The Kier molecular flexibility index (Phi) is 5.42. The van der Waals surface area contributed by atoms with Crippen molar-refractivity contribution in [1.29, 1.82) is 0 Å². The molecule has 5 nitrogen and oxygen atoms in total. The van der Waals surface area contributed by atoms with Gasteiger partial charge in [-0.25, -0.2) is 0 Å². The third-order valence-electron chi connectivity index (χ3n) is 4.42. The van der Waals surface area contributed by atoms with E-state index in [0.29, 0.717) is 35.7 Å². The monoisotopic (exact) mass is 377 g/mol. The van der Waals surface area contributed by atoms with Crippen LogP contribution in [-0.2, 0) is 11.3 Å². The first kappa shape index (κ1) is 17.9. The Morgan fingerprint density at radius 3 is 2.68 bits per heavy atom. The third-order valence-corrected chi connectivity index (χ3v) is 5.63. The van der Waals surface area contributed by atoms with E-state index in [-0.39, 0.29) is 11.8 Å². The van der Waals surface area contributed by atoms with Gasteiger partial charge in [0.1, 0.15) is 0 Å². The molecule has 1 heterocycles. The van der Waals surface area contributed by atoms with Gasteiger partial charge in [0.2, 0.25) is 5.91 Å². The lowest BCUT2D eigenvalue weighted by Gasteiger charge is -2.22. The first-order valence-corrected chi connectivity index (χ1v) is 9.44. The minimum Gasteiger partial charge on any atom is -0.347 e. The topological polar surface area (TPSA) is 84.2 Å². The van der Waals surface area contributed by atoms with Crippen LogP contribution in [0, 0.1) is 0 Å². The number of thiophene rings is 1. The molecule has 0 aliphatic heterocycles. The van der Waals surface area contributed by atoms with E-state index in [1.165, 1.54) is 0 Å². The molecular formula is C18H20ClN3O2S. The van der Waals surface area contributed by atoms with E-state index in [2.05, 4.69) is 10.6 Å². The van der Waals surface area contributed by atoms with E-state index in [1.807, 2.05) is 17.5 Å². The summed E-state index contributed by atoms with van der Waals surface area (Å²) < 4.78 is 0. The second kappa shape index (κ2) is 7.56. The zero-order valence-electron chi connectivity index (χ0n) is 13.7. The smallest absolute Gasteiger partial charge is 0.253 e. The van der Waals surface area contributed by atoms with Crippen LogP contribution in [0.2, 0.25) is 5.02 Å². The molecule has 4 N–H and O–H groups in total. The van der Waals surface area contributed by atoms with Crippen molar-refractivity contribution >= 4 is 40.4 Å². The maximum Gasteiger partial charge on any atom is 0.253 e. The third kappa shape index (κ3) is 4.21. The van der Waals surface area contributed by atoms with Crippen LogP contribution in [0.3, 0.4) is 0 Å². The molecule has 3 rings (SSSR count). The van der Waals surface area contributed by atoms with Crippen molar-refractivity contribution in [2.75, 3.05) is 5.32 Å². The summed E-state index contributed by atoms with van der Waals surface area (Å²) in [4.78, 5) is 25.9. The largest absolute Gasteiger partial charge is 0.347 e. The zero-order valence-corrected chi connectivity index (χ0v) is 15.3. The highest BCUT2D eigenvalue weighted by atomic mass is 35.5. The normalized spacial score (nSPS) is 15.8. The fourth-order valence-corrected chi connectivity index (χ4v) is 3.79. The summed E-state index contributed by atoms with van der Waals surface area (Å²) in [6, 6.07) is 8.75. The number of nitrogens with two attached hydrogens (primary N) is 1. The van der Waals surface area contributed by atoms with E-state index in [0.717, 1.165) is 17.7 Å². The Morgan fingerprint density at radius 1 is 1.24 bits per heavy atom. The molecule has 1 fully saturated rings. The van der Waals surface area contributed by atoms with Gasteiger partial charge in [0, 0.05) is 10.6 Å². The van der Waals surface area contributed by atoms with Gasteiger partial charge >= 0.3 is 0 Å². The maximum absolute atomic E-state index is 12.4. The van der Waals surface area contributed by atoms with Gasteiger partial charge in [0.25, 0.3) is 5.91 Å². The van der Waals surface area contributed by atoms with Crippen LogP contribution in [-0.4, -0.2) is 17.4 Å². The minimum absolute atomic E-state index is 0.211. The van der Waals surface area contributed by atoms with Gasteiger partial charge in [-0.3, -0.25) is 9.59 Å². The molecule has 0 unspecified atom stereocenters. The van der Waals surface area contributed by atoms with Crippen LogP contribution in [0.4, 0.5) is 5.69 Å². The van der Waals surface area contributed by atoms with Crippen molar-refractivity contribution in [3.63, 3.8) is 0 Å². The Balaban J connectivity index is 1.69. The fraction of sp³-hybridized carbons (Fsp3) is 0.333. The first-order valence-electron chi connectivity index (χ1n) is 8.18. The van der Waals surface area contributed by atoms with E-state index >= 15 is 0 Å². The van der Waals surface area contributed by atoms with E-state index in [9.17, 15) is 9.59 Å². The van der Waals surface area contributed by atoms with Gasteiger partial charge in [-0.15, -0.1) is 11.3 Å². The molecule has 1 aliphatic rings. The van der Waals surface area contributed by atoms with Crippen molar-refractivity contribution < 1.29 is 9.59 Å². The summed E-state index contributed by atoms with van der Waals surface area (Å²) in [5.74, 6) is -0.491. The van der Waals surface area contributed by atoms with Crippen LogP contribution in [0.25, 0.3) is 0 Å². The van der Waals surface area contributed by atoms with Crippen molar-refractivity contribution in [3.05, 3.63) is 51.2 Å². The number of hydrogen-bond donors (Lipinski definition) is 3. The van der Waals surface area contributed by atoms with E-state index in [4.69, 9.17) is 17.3 Å². The number of carbonyl (C=O) groups is 2. The molecule has 1 saturated carbocycles. The molecular weight excluding hydrogens is 358 g/mol. The molecule has 2 amide bonds. The molecule has 1 aliphatic carbocycles. The van der Waals surface area contributed by atoms with Crippen LogP contribution < -0.4 is 16.4 Å². The number of benzene rings is 1. The lowest BCUT2D eigenvalue weighted by molar-refractivity contribution is -0.121. The molecule has 0 atom stereocenters. The van der Waals surface area contributed by atoms with Gasteiger partial charge in [-0.05, 0) is 42.5 Å². The maximum atomic E-state index is 12.4. The second-order valence-electron chi connectivity index (χ2n) is 6.27. The van der Waals surface area contributed by atoms with Crippen LogP contribution in [0.1, 0.15) is 40.9 Å². The predicted molar refractivity (Wildman–Crippen MR) is 101 cm³/mol. The van der Waals surface area contributed by atoms with Gasteiger partial charge in [0.15, 0.2) is 0 Å². The van der Waals surface area contributed by atoms with Crippen molar-refractivity contribution in [2.24, 2.45) is 5.73 Å². The SMILES string of the molecule is NC1(C(=O)Nc2ccc(Cl)c(C(=O)NCc3cccs3)c2)CCCC1. The predicted octanol–water partition coefficient (Wildman–Crippen LogP) is 3.54. The fourth-order valence-electron chi connectivity index (χ4n) is 2.94. The highest BCUT2D eigenvalue weighted by Crippen LogP contribution is 2.29. The standard InChI is InChI=1S/C18H20ClN3O2S/c19-15-6-5-12(22-17(24)18(20)7-1-2-8-18)10-14(15)16(23)21-11-13-4-3-9-25-13/h3-6,9-10H,1-2,7-8,11,20H2,(H,21,23)(H,22,24). The number of anilines is 1. The molecule has 7 heteroatoms. The lowest BCUT2D eigenvalue weighted by Crippen LogP contribution is -2.48.